The quantitative estimate of drug-likeness (QED) is 0.854. The summed E-state index contributed by atoms with van der Waals surface area (Å²) in [4.78, 5) is 0. The van der Waals surface area contributed by atoms with Gasteiger partial charge in [0.2, 0.25) is 0 Å². The maximum atomic E-state index is 5.66. The normalized spacial score (nSPS) is 10.9. The molecule has 0 bridgehead atoms. The molecule has 0 aliphatic rings. The van der Waals surface area contributed by atoms with Crippen LogP contribution in [0, 0.1) is 0 Å². The molecular formula is C12H17N3OS. The predicted molar refractivity (Wildman–Crippen MR) is 69.7 cm³/mol. The van der Waals surface area contributed by atoms with Crippen LogP contribution in [0.15, 0.2) is 28.8 Å². The van der Waals surface area contributed by atoms with Gasteiger partial charge in [-0.05, 0) is 24.5 Å². The summed E-state index contributed by atoms with van der Waals surface area (Å²) in [5.74, 6) is 2.94. The van der Waals surface area contributed by atoms with Crippen LogP contribution >= 0.6 is 11.8 Å². The van der Waals surface area contributed by atoms with Crippen LogP contribution in [0.4, 0.5) is 0 Å². The van der Waals surface area contributed by atoms with Crippen LogP contribution in [-0.4, -0.2) is 16.0 Å². The van der Waals surface area contributed by atoms with Crippen molar-refractivity contribution in [3.05, 3.63) is 41.6 Å². The molecule has 1 N–H and O–H groups in total. The summed E-state index contributed by atoms with van der Waals surface area (Å²) in [6.45, 7) is 1.50. The van der Waals surface area contributed by atoms with E-state index in [2.05, 4.69) is 16.7 Å². The van der Waals surface area contributed by atoms with Crippen molar-refractivity contribution in [1.82, 2.24) is 15.1 Å². The Kier molecular flexibility index (Phi) is 4.28. The average molecular weight is 251 g/mol. The SMILES string of the molecule is CSCc1ccc(CNCc2ccn(C)n2)o1. The van der Waals surface area contributed by atoms with Gasteiger partial charge in [-0.15, -0.1) is 0 Å². The van der Waals surface area contributed by atoms with Gasteiger partial charge in [-0.2, -0.15) is 16.9 Å². The Morgan fingerprint density at radius 2 is 2.12 bits per heavy atom. The number of aromatic nitrogens is 2. The van der Waals surface area contributed by atoms with Crippen molar-refractivity contribution in [3.63, 3.8) is 0 Å². The highest BCUT2D eigenvalue weighted by Gasteiger charge is 2.02. The molecule has 2 rings (SSSR count). The molecule has 2 aromatic rings. The number of nitrogens with one attached hydrogen (secondary N) is 1. The first kappa shape index (κ1) is 12.3. The molecule has 2 aromatic heterocycles. The van der Waals surface area contributed by atoms with E-state index in [1.807, 2.05) is 31.4 Å². The molecule has 0 atom stereocenters. The molecule has 0 radical (unpaired) electrons. The molecule has 0 amide bonds. The molecule has 0 aromatic carbocycles. The number of aryl methyl sites for hydroxylation is 1. The fraction of sp³-hybridized carbons (Fsp3) is 0.417. The van der Waals surface area contributed by atoms with Crippen molar-refractivity contribution < 1.29 is 4.42 Å². The van der Waals surface area contributed by atoms with Gasteiger partial charge < -0.3 is 9.73 Å². The molecule has 5 heteroatoms. The first-order valence-electron chi connectivity index (χ1n) is 5.53. The van der Waals surface area contributed by atoms with Crippen molar-refractivity contribution in [2.75, 3.05) is 6.26 Å². The van der Waals surface area contributed by atoms with Gasteiger partial charge in [-0.1, -0.05) is 0 Å². The molecule has 0 spiro atoms. The number of nitrogens with zero attached hydrogens (tertiary/aromatic N) is 2. The third kappa shape index (κ3) is 3.64. The van der Waals surface area contributed by atoms with Crippen LogP contribution in [-0.2, 0) is 25.9 Å². The second-order valence-electron chi connectivity index (χ2n) is 3.89. The smallest absolute Gasteiger partial charge is 0.118 e. The predicted octanol–water partition coefficient (Wildman–Crippen LogP) is 2.17. The van der Waals surface area contributed by atoms with E-state index in [0.29, 0.717) is 0 Å². The largest absolute Gasteiger partial charge is 0.464 e. The Labute approximate surface area is 105 Å². The van der Waals surface area contributed by atoms with Crippen molar-refractivity contribution in [2.24, 2.45) is 7.05 Å². The zero-order valence-corrected chi connectivity index (χ0v) is 11.0. The molecule has 0 aliphatic carbocycles. The highest BCUT2D eigenvalue weighted by Crippen LogP contribution is 2.13. The van der Waals surface area contributed by atoms with Gasteiger partial charge in [0.25, 0.3) is 0 Å². The standard InChI is InChI=1S/C12H17N3OS/c1-15-6-5-10(14-15)7-13-8-11-3-4-12(16-11)9-17-2/h3-6,13H,7-9H2,1-2H3. The molecule has 2 heterocycles. The van der Waals surface area contributed by atoms with E-state index in [4.69, 9.17) is 4.42 Å². The van der Waals surface area contributed by atoms with Crippen molar-refractivity contribution in [1.29, 1.82) is 0 Å². The van der Waals surface area contributed by atoms with Crippen LogP contribution in [0.5, 0.6) is 0 Å². The Balaban J connectivity index is 1.77. The second-order valence-corrected chi connectivity index (χ2v) is 4.75. The zero-order chi connectivity index (χ0) is 12.1. The fourth-order valence-corrected chi connectivity index (χ4v) is 2.05. The van der Waals surface area contributed by atoms with Crippen molar-refractivity contribution in [2.45, 2.75) is 18.8 Å². The lowest BCUT2D eigenvalue weighted by Gasteiger charge is -1.99. The fourth-order valence-electron chi connectivity index (χ4n) is 1.61. The average Bonchev–Trinajstić information content (AvgIpc) is 2.89. The monoisotopic (exact) mass is 251 g/mol. The van der Waals surface area contributed by atoms with Crippen LogP contribution in [0.25, 0.3) is 0 Å². The maximum absolute atomic E-state index is 5.66. The molecule has 0 saturated heterocycles. The minimum absolute atomic E-state index is 0.741. The van der Waals surface area contributed by atoms with E-state index in [-0.39, 0.29) is 0 Å². The highest BCUT2D eigenvalue weighted by molar-refractivity contribution is 7.97. The summed E-state index contributed by atoms with van der Waals surface area (Å²) < 4.78 is 7.46. The summed E-state index contributed by atoms with van der Waals surface area (Å²) in [6, 6.07) is 6.07. The van der Waals surface area contributed by atoms with Gasteiger partial charge in [0.15, 0.2) is 0 Å². The summed E-state index contributed by atoms with van der Waals surface area (Å²) in [5.41, 5.74) is 1.04. The Hall–Kier alpha value is -1.20. The zero-order valence-electron chi connectivity index (χ0n) is 10.1. The molecule has 17 heavy (non-hydrogen) atoms. The van der Waals surface area contributed by atoms with Gasteiger partial charge in [0.05, 0.1) is 18.0 Å². The topological polar surface area (TPSA) is 43.0 Å². The number of furan rings is 1. The third-order valence-corrected chi connectivity index (χ3v) is 2.95. The molecule has 0 aliphatic heterocycles. The summed E-state index contributed by atoms with van der Waals surface area (Å²) in [6.07, 6.45) is 4.02. The lowest BCUT2D eigenvalue weighted by atomic mass is 10.4. The first-order valence-corrected chi connectivity index (χ1v) is 6.93. The molecule has 4 nitrogen and oxygen atoms in total. The number of hydrogen-bond acceptors (Lipinski definition) is 4. The van der Waals surface area contributed by atoms with Gasteiger partial charge in [0.1, 0.15) is 11.5 Å². The highest BCUT2D eigenvalue weighted by atomic mass is 32.2. The number of hydrogen-bond donors (Lipinski definition) is 1. The number of rotatable bonds is 6. The molecule has 0 unspecified atom stereocenters. The van der Waals surface area contributed by atoms with Crippen molar-refractivity contribution in [3.8, 4) is 0 Å². The summed E-state index contributed by atoms with van der Waals surface area (Å²) in [5, 5.41) is 7.61. The van der Waals surface area contributed by atoms with Crippen LogP contribution in [0.3, 0.4) is 0 Å². The second kappa shape index (κ2) is 5.93. The molecule has 92 valence electrons. The van der Waals surface area contributed by atoms with Crippen LogP contribution in [0.2, 0.25) is 0 Å². The van der Waals surface area contributed by atoms with Gasteiger partial charge in [-0.25, -0.2) is 0 Å². The lowest BCUT2D eigenvalue weighted by molar-refractivity contribution is 0.458. The van der Waals surface area contributed by atoms with E-state index in [1.165, 1.54) is 0 Å². The van der Waals surface area contributed by atoms with E-state index >= 15 is 0 Å². The molecular weight excluding hydrogens is 234 g/mol. The lowest BCUT2D eigenvalue weighted by Crippen LogP contribution is -2.12. The number of thioether (sulfide) groups is 1. The Bertz CT molecular complexity index is 464. The molecule has 0 fully saturated rings. The summed E-state index contributed by atoms with van der Waals surface area (Å²) >= 11 is 1.76. The first-order chi connectivity index (χ1) is 8.28. The summed E-state index contributed by atoms with van der Waals surface area (Å²) in [7, 11) is 1.92. The third-order valence-electron chi connectivity index (χ3n) is 2.38. The minimum Gasteiger partial charge on any atom is -0.464 e. The molecule has 0 saturated carbocycles. The van der Waals surface area contributed by atoms with Crippen LogP contribution in [0.1, 0.15) is 17.2 Å². The van der Waals surface area contributed by atoms with Gasteiger partial charge in [0, 0.05) is 19.8 Å². The maximum Gasteiger partial charge on any atom is 0.118 e. The Morgan fingerprint density at radius 3 is 2.82 bits per heavy atom. The van der Waals surface area contributed by atoms with E-state index in [0.717, 1.165) is 36.1 Å². The van der Waals surface area contributed by atoms with Crippen molar-refractivity contribution >= 4 is 11.8 Å². The van der Waals surface area contributed by atoms with E-state index in [9.17, 15) is 0 Å². The van der Waals surface area contributed by atoms with Gasteiger partial charge in [-0.3, -0.25) is 4.68 Å². The minimum atomic E-state index is 0.741. The van der Waals surface area contributed by atoms with Crippen LogP contribution < -0.4 is 5.32 Å². The van der Waals surface area contributed by atoms with E-state index in [1.54, 1.807) is 16.4 Å². The Morgan fingerprint density at radius 1 is 1.29 bits per heavy atom. The van der Waals surface area contributed by atoms with E-state index < -0.39 is 0 Å². The van der Waals surface area contributed by atoms with Gasteiger partial charge >= 0.3 is 0 Å².